The Hall–Kier alpha value is -1.76. The first kappa shape index (κ1) is 18.9. The first-order chi connectivity index (χ1) is 7.00. The number of hydrogen-bond acceptors (Lipinski definition) is 2. The summed E-state index contributed by atoms with van der Waals surface area (Å²) in [6.45, 7) is 6.47. The van der Waals surface area contributed by atoms with E-state index >= 15 is 0 Å². The van der Waals surface area contributed by atoms with Crippen molar-refractivity contribution < 1.29 is 19.4 Å². The van der Waals surface area contributed by atoms with E-state index in [-0.39, 0.29) is 0 Å². The summed E-state index contributed by atoms with van der Waals surface area (Å²) in [6.07, 6.45) is 8.98. The summed E-state index contributed by atoms with van der Waals surface area (Å²) in [7, 11) is 0. The van der Waals surface area contributed by atoms with E-state index in [4.69, 9.17) is 10.2 Å². The minimum Gasteiger partial charge on any atom is -0.512 e. The quantitative estimate of drug-likeness (QED) is 0.323. The third-order valence-corrected chi connectivity index (χ3v) is 1.07. The van der Waals surface area contributed by atoms with Crippen LogP contribution in [0.3, 0.4) is 0 Å². The van der Waals surface area contributed by atoms with Crippen molar-refractivity contribution >= 4 is 5.97 Å². The molecule has 0 heterocycles. The highest BCUT2D eigenvalue weighted by atomic mass is 19.1. The molecule has 3 nitrogen and oxygen atoms in total. The van der Waals surface area contributed by atoms with E-state index in [1.54, 1.807) is 0 Å². The van der Waals surface area contributed by atoms with E-state index in [0.29, 0.717) is 0 Å². The number of hydrogen-bond donors (Lipinski definition) is 2. The monoisotopic (exact) mass is 216 g/mol. The lowest BCUT2D eigenvalue weighted by Gasteiger charge is -1.98. The van der Waals surface area contributed by atoms with Crippen LogP contribution in [0.4, 0.5) is 4.39 Å². The van der Waals surface area contributed by atoms with Crippen LogP contribution in [0.1, 0.15) is 27.7 Å². The molecule has 0 saturated carbocycles. The molecule has 0 aliphatic rings. The predicted molar refractivity (Wildman–Crippen MR) is 59.1 cm³/mol. The minimum atomic E-state index is -1.47. The van der Waals surface area contributed by atoms with Gasteiger partial charge in [-0.1, -0.05) is 19.9 Å². The molecule has 0 bridgehead atoms. The number of carboxylic acids is 1. The van der Waals surface area contributed by atoms with Gasteiger partial charge in [-0.2, -0.15) is 0 Å². The van der Waals surface area contributed by atoms with Gasteiger partial charge in [0.05, 0.1) is 0 Å². The normalized spacial score (nSPS) is 11.0. The summed E-state index contributed by atoms with van der Waals surface area (Å²) < 4.78 is 12.6. The highest BCUT2D eigenvalue weighted by Crippen LogP contribution is 2.14. The number of carbonyl (C=O) groups is 1. The van der Waals surface area contributed by atoms with Crippen LogP contribution >= 0.6 is 0 Å². The molecule has 0 aromatic rings. The Bertz CT molecular complexity index is 258. The zero-order valence-electron chi connectivity index (χ0n) is 9.41. The Morgan fingerprint density at radius 1 is 1.27 bits per heavy atom. The zero-order valence-corrected chi connectivity index (χ0v) is 9.41. The van der Waals surface area contributed by atoms with Gasteiger partial charge >= 0.3 is 5.97 Å². The topological polar surface area (TPSA) is 57.5 Å². The Kier molecular flexibility index (Phi) is 15.4. The maximum atomic E-state index is 12.6. The average molecular weight is 216 g/mol. The molecule has 0 fully saturated rings. The lowest BCUT2D eigenvalue weighted by atomic mass is 10.2. The third kappa shape index (κ3) is 8.57. The maximum Gasteiger partial charge on any atom is 0.342 e. The molecule has 0 unspecified atom stereocenters. The molecule has 86 valence electrons. The average Bonchev–Trinajstić information content (AvgIpc) is 2.22. The van der Waals surface area contributed by atoms with Crippen LogP contribution in [0.5, 0.6) is 0 Å². The van der Waals surface area contributed by atoms with Gasteiger partial charge in [0.15, 0.2) is 0 Å². The van der Waals surface area contributed by atoms with E-state index in [2.05, 4.69) is 12.8 Å². The van der Waals surface area contributed by atoms with Crippen LogP contribution in [0.2, 0.25) is 0 Å². The molecule has 0 saturated heterocycles. The van der Waals surface area contributed by atoms with Crippen LogP contribution in [-0.4, -0.2) is 16.2 Å². The molecule has 0 aromatic carbocycles. The van der Waals surface area contributed by atoms with Crippen molar-refractivity contribution in [3.05, 3.63) is 23.2 Å². The molecule has 0 amide bonds. The Balaban J connectivity index is -0.000000318. The van der Waals surface area contributed by atoms with Crippen molar-refractivity contribution in [3.63, 3.8) is 0 Å². The van der Waals surface area contributed by atoms with Gasteiger partial charge in [0, 0.05) is 0 Å². The van der Waals surface area contributed by atoms with E-state index in [0.717, 1.165) is 13.0 Å². The fourth-order valence-corrected chi connectivity index (χ4v) is 0.574. The number of aliphatic hydroxyl groups is 1. The summed E-state index contributed by atoms with van der Waals surface area (Å²) in [5, 5.41) is 17.0. The standard InChI is InChI=1S/C7H9FO3.C2H6.C2H2/c1-3-5(8)6(4(2)9)7(10)11;2*1-2/h3,9H,1-2H3,(H,10,11);1-2H3;1-2H/b5-3+,6-4-;;. The number of allylic oxidation sites excluding steroid dienone is 2. The molecular formula is C11H17FO3. The van der Waals surface area contributed by atoms with Gasteiger partial charge in [-0.3, -0.25) is 0 Å². The summed E-state index contributed by atoms with van der Waals surface area (Å²) in [5.74, 6) is -2.94. The SMILES string of the molecule is C#C.C/C=C(F)\C(C(=O)O)=C(/C)O.CC. The molecule has 0 aromatic heterocycles. The smallest absolute Gasteiger partial charge is 0.342 e. The second kappa shape index (κ2) is 12.2. The van der Waals surface area contributed by atoms with E-state index in [9.17, 15) is 9.18 Å². The second-order valence-electron chi connectivity index (χ2n) is 1.90. The number of aliphatic carboxylic acids is 1. The Morgan fingerprint density at radius 3 is 1.67 bits per heavy atom. The number of carboxylic acid groups (broad SMARTS) is 1. The molecule has 4 heteroatoms. The van der Waals surface area contributed by atoms with Crippen LogP contribution in [0.25, 0.3) is 0 Å². The summed E-state index contributed by atoms with van der Waals surface area (Å²) >= 11 is 0. The summed E-state index contributed by atoms with van der Waals surface area (Å²) in [6, 6.07) is 0. The predicted octanol–water partition coefficient (Wildman–Crippen LogP) is 3.05. The lowest BCUT2D eigenvalue weighted by Crippen LogP contribution is -2.03. The number of aliphatic hydroxyl groups excluding tert-OH is 1. The summed E-state index contributed by atoms with van der Waals surface area (Å²) in [5.41, 5.74) is -0.687. The molecule has 0 spiro atoms. The van der Waals surface area contributed by atoms with E-state index in [1.807, 2.05) is 13.8 Å². The van der Waals surface area contributed by atoms with Crippen molar-refractivity contribution in [2.24, 2.45) is 0 Å². The molecule has 0 rings (SSSR count). The maximum absolute atomic E-state index is 12.6. The van der Waals surface area contributed by atoms with Gasteiger partial charge in [0.1, 0.15) is 17.2 Å². The summed E-state index contributed by atoms with van der Waals surface area (Å²) in [4.78, 5) is 10.2. The molecule has 0 radical (unpaired) electrons. The van der Waals surface area contributed by atoms with Crippen molar-refractivity contribution in [3.8, 4) is 12.8 Å². The molecule has 0 aliphatic heterocycles. The van der Waals surface area contributed by atoms with Crippen molar-refractivity contribution in [2.75, 3.05) is 0 Å². The van der Waals surface area contributed by atoms with Crippen LogP contribution in [0.15, 0.2) is 23.2 Å². The van der Waals surface area contributed by atoms with Crippen LogP contribution < -0.4 is 0 Å². The Morgan fingerprint density at radius 2 is 1.60 bits per heavy atom. The van der Waals surface area contributed by atoms with Gasteiger partial charge in [0.2, 0.25) is 0 Å². The van der Waals surface area contributed by atoms with Gasteiger partial charge in [-0.15, -0.1) is 12.8 Å². The number of rotatable bonds is 2. The van der Waals surface area contributed by atoms with Gasteiger partial charge in [-0.25, -0.2) is 9.18 Å². The Labute approximate surface area is 89.9 Å². The molecular weight excluding hydrogens is 199 g/mol. The largest absolute Gasteiger partial charge is 0.512 e. The first-order valence-corrected chi connectivity index (χ1v) is 4.29. The minimum absolute atomic E-state index is 0.534. The molecule has 2 N–H and O–H groups in total. The van der Waals surface area contributed by atoms with E-state index < -0.39 is 23.1 Å². The molecule has 0 aliphatic carbocycles. The first-order valence-electron chi connectivity index (χ1n) is 4.29. The van der Waals surface area contributed by atoms with Crippen molar-refractivity contribution in [1.82, 2.24) is 0 Å². The van der Waals surface area contributed by atoms with Crippen molar-refractivity contribution in [1.29, 1.82) is 0 Å². The highest BCUT2D eigenvalue weighted by Gasteiger charge is 2.15. The van der Waals surface area contributed by atoms with Gasteiger partial charge in [-0.05, 0) is 13.8 Å². The van der Waals surface area contributed by atoms with Crippen LogP contribution in [-0.2, 0) is 4.79 Å². The van der Waals surface area contributed by atoms with Gasteiger partial charge in [0.25, 0.3) is 0 Å². The third-order valence-electron chi connectivity index (χ3n) is 1.07. The van der Waals surface area contributed by atoms with E-state index in [1.165, 1.54) is 6.92 Å². The van der Waals surface area contributed by atoms with Gasteiger partial charge < -0.3 is 10.2 Å². The zero-order chi connectivity index (χ0) is 13.0. The number of terminal acetylenes is 1. The fourth-order valence-electron chi connectivity index (χ4n) is 0.574. The molecule has 0 atom stereocenters. The fraction of sp³-hybridized carbons (Fsp3) is 0.364. The van der Waals surface area contributed by atoms with Crippen LogP contribution in [0, 0.1) is 12.8 Å². The second-order valence-corrected chi connectivity index (χ2v) is 1.90. The number of halogens is 1. The highest BCUT2D eigenvalue weighted by molar-refractivity contribution is 5.91. The lowest BCUT2D eigenvalue weighted by molar-refractivity contribution is -0.132. The molecule has 15 heavy (non-hydrogen) atoms. The van der Waals surface area contributed by atoms with Crippen molar-refractivity contribution in [2.45, 2.75) is 27.7 Å².